The molecule has 0 amide bonds. The van der Waals surface area contributed by atoms with Crippen LogP contribution in [0.4, 0.5) is 0 Å². The summed E-state index contributed by atoms with van der Waals surface area (Å²) in [5, 5.41) is 8.85. The van der Waals surface area contributed by atoms with E-state index in [2.05, 4.69) is 4.90 Å². The number of benzene rings is 2. The van der Waals surface area contributed by atoms with Crippen LogP contribution in [0.25, 0.3) is 0 Å². The number of aliphatic carboxylic acids is 1. The van der Waals surface area contributed by atoms with Gasteiger partial charge in [0.1, 0.15) is 18.1 Å². The van der Waals surface area contributed by atoms with E-state index >= 15 is 0 Å². The highest BCUT2D eigenvalue weighted by Crippen LogP contribution is 2.29. The minimum atomic E-state index is -0.785. The first-order chi connectivity index (χ1) is 13.6. The second-order valence-corrected chi connectivity index (χ2v) is 6.87. The highest BCUT2D eigenvalue weighted by atomic mass is 35.5. The predicted octanol–water partition coefficient (Wildman–Crippen LogP) is 3.42. The summed E-state index contributed by atoms with van der Waals surface area (Å²) in [6, 6.07) is 13.0. The lowest BCUT2D eigenvalue weighted by Gasteiger charge is -2.32. The fourth-order valence-corrected chi connectivity index (χ4v) is 3.42. The molecule has 7 nitrogen and oxygen atoms in total. The largest absolute Gasteiger partial charge is 0.481 e. The van der Waals surface area contributed by atoms with Crippen LogP contribution in [0.1, 0.15) is 34.0 Å². The van der Waals surface area contributed by atoms with Gasteiger partial charge >= 0.3 is 11.9 Å². The molecule has 0 spiro atoms. The van der Waals surface area contributed by atoms with Crippen molar-refractivity contribution in [3.05, 3.63) is 59.2 Å². The molecule has 0 aliphatic carbocycles. The summed E-state index contributed by atoms with van der Waals surface area (Å²) in [4.78, 5) is 24.4. The quantitative estimate of drug-likeness (QED) is 0.718. The Morgan fingerprint density at radius 3 is 2.69 bits per heavy atom. The highest BCUT2D eigenvalue weighted by Gasteiger charge is 2.23. The van der Waals surface area contributed by atoms with E-state index in [0.29, 0.717) is 36.8 Å². The number of carboxylic acids is 1. The first kappa shape index (κ1) is 21.1. The molecule has 8 heteroatoms. The number of fused-ring (bicyclic) bond motifs is 1. The number of hydrogen-bond acceptors (Lipinski definition) is 6. The number of nitrogens with zero attached hydrogens (tertiary/aromatic N) is 1. The van der Waals surface area contributed by atoms with Crippen LogP contribution in [0.5, 0.6) is 11.5 Å². The molecule has 1 saturated heterocycles. The third-order valence-corrected chi connectivity index (χ3v) is 4.94. The number of cyclic esters (lactones) is 1. The fraction of sp³-hybridized carbons (Fsp3) is 0.333. The molecule has 4 rings (SSSR count). The van der Waals surface area contributed by atoms with E-state index in [0.717, 1.165) is 17.7 Å². The number of carboxylic acid groups (broad SMARTS) is 1. The first-order valence-corrected chi connectivity index (χ1v) is 9.22. The average molecular weight is 420 g/mol. The number of carbonyl (C=O) groups excluding carboxylic acids is 1. The number of ether oxygens (including phenoxy) is 3. The summed E-state index contributed by atoms with van der Waals surface area (Å²) in [7, 11) is 0. The molecule has 1 unspecified atom stereocenters. The van der Waals surface area contributed by atoms with Crippen LogP contribution in [0, 0.1) is 0 Å². The number of rotatable bonds is 6. The number of carbonyl (C=O) groups is 2. The van der Waals surface area contributed by atoms with Crippen molar-refractivity contribution < 1.29 is 28.9 Å². The van der Waals surface area contributed by atoms with Crippen molar-refractivity contribution in [2.24, 2.45) is 0 Å². The molecule has 0 bridgehead atoms. The third-order valence-electron chi connectivity index (χ3n) is 4.94. The van der Waals surface area contributed by atoms with E-state index in [4.69, 9.17) is 19.3 Å². The van der Waals surface area contributed by atoms with Crippen molar-refractivity contribution >= 4 is 24.3 Å². The zero-order valence-corrected chi connectivity index (χ0v) is 16.5. The molecule has 2 aliphatic rings. The summed E-state index contributed by atoms with van der Waals surface area (Å²) in [5.74, 6) is 0.258. The van der Waals surface area contributed by atoms with Crippen molar-refractivity contribution in [2.45, 2.75) is 19.1 Å². The monoisotopic (exact) mass is 419 g/mol. The van der Waals surface area contributed by atoms with E-state index in [1.54, 1.807) is 12.1 Å². The average Bonchev–Trinajstić information content (AvgIpc) is 3.07. The van der Waals surface area contributed by atoms with Gasteiger partial charge in [0.15, 0.2) is 0 Å². The van der Waals surface area contributed by atoms with E-state index in [-0.39, 0.29) is 37.5 Å². The minimum Gasteiger partial charge on any atom is -0.481 e. The van der Waals surface area contributed by atoms with Gasteiger partial charge in [-0.3, -0.25) is 9.69 Å². The van der Waals surface area contributed by atoms with Gasteiger partial charge in [0.05, 0.1) is 24.7 Å². The van der Waals surface area contributed by atoms with Gasteiger partial charge in [-0.2, -0.15) is 0 Å². The van der Waals surface area contributed by atoms with E-state index < -0.39 is 5.97 Å². The van der Waals surface area contributed by atoms with Crippen LogP contribution in [0.2, 0.25) is 0 Å². The van der Waals surface area contributed by atoms with Crippen molar-refractivity contribution in [1.82, 2.24) is 4.90 Å². The number of esters is 1. The minimum absolute atomic E-state index is 0. The molecule has 1 N–H and O–H groups in total. The smallest absolute Gasteiger partial charge is 0.338 e. The van der Waals surface area contributed by atoms with Gasteiger partial charge in [0.2, 0.25) is 0 Å². The molecule has 29 heavy (non-hydrogen) atoms. The second kappa shape index (κ2) is 9.26. The number of morpholine rings is 1. The lowest BCUT2D eigenvalue weighted by Crippen LogP contribution is -2.39. The van der Waals surface area contributed by atoms with Crippen molar-refractivity contribution in [1.29, 1.82) is 0 Å². The van der Waals surface area contributed by atoms with Crippen molar-refractivity contribution in [3.8, 4) is 11.5 Å². The topological polar surface area (TPSA) is 85.3 Å². The van der Waals surface area contributed by atoms with Crippen LogP contribution in [-0.4, -0.2) is 48.2 Å². The fourth-order valence-electron chi connectivity index (χ4n) is 3.42. The normalized spacial score (nSPS) is 18.5. The Morgan fingerprint density at radius 1 is 1.17 bits per heavy atom. The van der Waals surface area contributed by atoms with Gasteiger partial charge < -0.3 is 19.3 Å². The SMILES string of the molecule is Cl.O=C(O)CCN1CCOC(c2ccc(Oc3ccc4c(c3)COC4=O)cc2)C1. The van der Waals surface area contributed by atoms with E-state index in [1.807, 2.05) is 30.3 Å². The highest BCUT2D eigenvalue weighted by molar-refractivity contribution is 5.93. The Balaban J connectivity index is 0.00000240. The number of halogens is 1. The Hall–Kier alpha value is -2.61. The Kier molecular flexibility index (Phi) is 6.74. The van der Waals surface area contributed by atoms with Gasteiger partial charge in [-0.05, 0) is 35.9 Å². The van der Waals surface area contributed by atoms with Crippen LogP contribution < -0.4 is 4.74 Å². The molecule has 2 heterocycles. The maximum Gasteiger partial charge on any atom is 0.338 e. The second-order valence-electron chi connectivity index (χ2n) is 6.87. The molecule has 0 radical (unpaired) electrons. The summed E-state index contributed by atoms with van der Waals surface area (Å²) < 4.78 is 16.7. The van der Waals surface area contributed by atoms with E-state index in [1.165, 1.54) is 0 Å². The van der Waals surface area contributed by atoms with Gasteiger partial charge in [0, 0.05) is 25.2 Å². The zero-order valence-electron chi connectivity index (χ0n) is 15.7. The van der Waals surface area contributed by atoms with Gasteiger partial charge in [-0.1, -0.05) is 12.1 Å². The van der Waals surface area contributed by atoms with Crippen LogP contribution in [0.3, 0.4) is 0 Å². The molecule has 2 aromatic rings. The van der Waals surface area contributed by atoms with E-state index in [9.17, 15) is 9.59 Å². The standard InChI is InChI=1S/C21H21NO6.ClH/c23-20(24)7-8-22-9-10-26-19(12-22)14-1-3-16(4-2-14)28-17-5-6-18-15(11-17)13-27-21(18)25;/h1-6,11,19H,7-10,12-13H2,(H,23,24);1H. The van der Waals surface area contributed by atoms with Gasteiger partial charge in [-0.15, -0.1) is 12.4 Å². The lowest BCUT2D eigenvalue weighted by molar-refractivity contribution is -0.137. The first-order valence-electron chi connectivity index (χ1n) is 9.22. The summed E-state index contributed by atoms with van der Waals surface area (Å²) in [6.45, 7) is 2.81. The molecule has 0 saturated carbocycles. The molecule has 2 aliphatic heterocycles. The number of hydrogen-bond donors (Lipinski definition) is 1. The van der Waals surface area contributed by atoms with Crippen LogP contribution in [-0.2, 0) is 20.9 Å². The maximum atomic E-state index is 11.5. The van der Waals surface area contributed by atoms with Crippen LogP contribution in [0.15, 0.2) is 42.5 Å². The Labute approximate surface area is 174 Å². The Morgan fingerprint density at radius 2 is 1.93 bits per heavy atom. The Bertz CT molecular complexity index is 885. The lowest BCUT2D eigenvalue weighted by atomic mass is 10.1. The zero-order chi connectivity index (χ0) is 19.5. The van der Waals surface area contributed by atoms with Gasteiger partial charge in [0.25, 0.3) is 0 Å². The molecule has 1 atom stereocenters. The molecular weight excluding hydrogens is 398 g/mol. The summed E-state index contributed by atoms with van der Waals surface area (Å²) in [6.07, 6.45) is 0.0523. The predicted molar refractivity (Wildman–Crippen MR) is 107 cm³/mol. The summed E-state index contributed by atoms with van der Waals surface area (Å²) >= 11 is 0. The molecule has 2 aromatic carbocycles. The van der Waals surface area contributed by atoms with Crippen molar-refractivity contribution in [2.75, 3.05) is 26.2 Å². The molecule has 154 valence electrons. The molecule has 0 aromatic heterocycles. The summed E-state index contributed by atoms with van der Waals surface area (Å²) in [5.41, 5.74) is 2.45. The third kappa shape index (κ3) is 5.06. The van der Waals surface area contributed by atoms with Crippen molar-refractivity contribution in [3.63, 3.8) is 0 Å². The molecular formula is C21H22ClNO6. The van der Waals surface area contributed by atoms with Crippen LogP contribution >= 0.6 is 12.4 Å². The molecule has 1 fully saturated rings. The maximum absolute atomic E-state index is 11.5. The van der Waals surface area contributed by atoms with Gasteiger partial charge in [-0.25, -0.2) is 4.79 Å².